The number of aromatic nitrogens is 1. The van der Waals surface area contributed by atoms with Crippen LogP contribution in [0.5, 0.6) is 0 Å². The number of carboxylic acids is 1. The molecule has 1 aromatic heterocycles. The number of carbonyl (C=O) groups is 3. The number of rotatable bonds is 6. The predicted molar refractivity (Wildman–Crippen MR) is 101 cm³/mol. The SMILES string of the molecule is Cc1c(CC2NC(=O)CC2(C)C)[nH]c(C(=O)OC(C)(C)C)c1CCC(=O)O. The summed E-state index contributed by atoms with van der Waals surface area (Å²) in [5, 5.41) is 12.0. The number of aliphatic carboxylic acids is 1. The van der Waals surface area contributed by atoms with Crippen molar-refractivity contribution in [2.75, 3.05) is 0 Å². The van der Waals surface area contributed by atoms with E-state index in [2.05, 4.69) is 10.3 Å². The Morgan fingerprint density at radius 2 is 1.93 bits per heavy atom. The van der Waals surface area contributed by atoms with Crippen LogP contribution in [0, 0.1) is 12.3 Å². The number of carboxylic acid groups (broad SMARTS) is 1. The van der Waals surface area contributed by atoms with Crippen LogP contribution in [0.3, 0.4) is 0 Å². The zero-order valence-corrected chi connectivity index (χ0v) is 17.0. The summed E-state index contributed by atoms with van der Waals surface area (Å²) in [6.07, 6.45) is 1.18. The van der Waals surface area contributed by atoms with Crippen molar-refractivity contribution in [1.82, 2.24) is 10.3 Å². The monoisotopic (exact) mass is 378 g/mol. The highest BCUT2D eigenvalue weighted by Crippen LogP contribution is 2.34. The summed E-state index contributed by atoms with van der Waals surface area (Å²) in [5.41, 5.74) is 1.82. The highest BCUT2D eigenvalue weighted by atomic mass is 16.6. The summed E-state index contributed by atoms with van der Waals surface area (Å²) in [5.74, 6) is -1.39. The van der Waals surface area contributed by atoms with Crippen LogP contribution in [-0.4, -0.2) is 39.6 Å². The Hall–Kier alpha value is -2.31. The summed E-state index contributed by atoms with van der Waals surface area (Å²) in [7, 11) is 0. The number of carbonyl (C=O) groups excluding carboxylic acids is 2. The topological polar surface area (TPSA) is 108 Å². The molecule has 0 saturated carbocycles. The van der Waals surface area contributed by atoms with Crippen LogP contribution < -0.4 is 5.32 Å². The molecule has 0 aliphatic carbocycles. The molecule has 7 nitrogen and oxygen atoms in total. The summed E-state index contributed by atoms with van der Waals surface area (Å²) >= 11 is 0. The van der Waals surface area contributed by atoms with E-state index in [1.54, 1.807) is 20.8 Å². The molecular formula is C20H30N2O5. The molecule has 1 unspecified atom stereocenters. The Morgan fingerprint density at radius 1 is 1.30 bits per heavy atom. The molecule has 0 aromatic carbocycles. The predicted octanol–water partition coefficient (Wildman–Crippen LogP) is 2.75. The molecule has 0 spiro atoms. The number of H-pyrrole nitrogens is 1. The van der Waals surface area contributed by atoms with Crippen molar-refractivity contribution in [3.05, 3.63) is 22.5 Å². The second-order valence-electron chi connectivity index (χ2n) is 8.97. The van der Waals surface area contributed by atoms with Gasteiger partial charge in [-0.25, -0.2) is 4.79 Å². The molecule has 1 aromatic rings. The molecule has 1 saturated heterocycles. The highest BCUT2D eigenvalue weighted by molar-refractivity contribution is 5.90. The van der Waals surface area contributed by atoms with E-state index in [1.165, 1.54) is 0 Å². The molecule has 1 fully saturated rings. The third-order valence-electron chi connectivity index (χ3n) is 4.98. The summed E-state index contributed by atoms with van der Waals surface area (Å²) < 4.78 is 5.48. The quantitative estimate of drug-likeness (QED) is 0.660. The van der Waals surface area contributed by atoms with Gasteiger partial charge in [0.1, 0.15) is 11.3 Å². The fourth-order valence-corrected chi connectivity index (χ4v) is 3.45. The fourth-order valence-electron chi connectivity index (χ4n) is 3.45. The number of nitrogens with one attached hydrogen (secondary N) is 2. The Labute approximate surface area is 159 Å². The fraction of sp³-hybridized carbons (Fsp3) is 0.650. The standard InChI is InChI=1S/C20H30N2O5/c1-11-12(7-8-16(24)25)17(18(26)27-19(2,3)4)21-13(11)9-14-20(5,6)10-15(23)22-14/h14,21H,7-10H2,1-6H3,(H,22,23)(H,24,25). The molecule has 1 atom stereocenters. The summed E-state index contributed by atoms with van der Waals surface area (Å²) in [6, 6.07) is -0.0545. The lowest BCUT2D eigenvalue weighted by atomic mass is 9.82. The van der Waals surface area contributed by atoms with Crippen LogP contribution in [0.25, 0.3) is 0 Å². The van der Waals surface area contributed by atoms with E-state index < -0.39 is 17.5 Å². The molecule has 7 heteroatoms. The number of hydrogen-bond donors (Lipinski definition) is 3. The second kappa shape index (κ2) is 7.37. The average Bonchev–Trinajstić information content (AvgIpc) is 2.92. The first-order valence-corrected chi connectivity index (χ1v) is 9.25. The summed E-state index contributed by atoms with van der Waals surface area (Å²) in [6.45, 7) is 11.3. The van der Waals surface area contributed by atoms with Gasteiger partial charge >= 0.3 is 11.9 Å². The average molecular weight is 378 g/mol. The molecule has 3 N–H and O–H groups in total. The molecule has 2 rings (SSSR count). The van der Waals surface area contributed by atoms with E-state index in [4.69, 9.17) is 9.84 Å². The zero-order valence-electron chi connectivity index (χ0n) is 17.0. The molecule has 150 valence electrons. The smallest absolute Gasteiger partial charge is 0.355 e. The molecule has 27 heavy (non-hydrogen) atoms. The number of amides is 1. The molecule has 1 aliphatic rings. The molecule has 2 heterocycles. The Kier molecular flexibility index (Phi) is 5.73. The first-order valence-electron chi connectivity index (χ1n) is 9.25. The van der Waals surface area contributed by atoms with Crippen molar-refractivity contribution in [1.29, 1.82) is 0 Å². The van der Waals surface area contributed by atoms with E-state index >= 15 is 0 Å². The minimum atomic E-state index is -0.920. The number of hydrogen-bond acceptors (Lipinski definition) is 4. The van der Waals surface area contributed by atoms with Crippen molar-refractivity contribution in [2.45, 2.75) is 78.9 Å². The first-order chi connectivity index (χ1) is 12.3. The van der Waals surface area contributed by atoms with Gasteiger partial charge in [-0.05, 0) is 50.7 Å². The molecular weight excluding hydrogens is 348 g/mol. The van der Waals surface area contributed by atoms with E-state index in [9.17, 15) is 14.4 Å². The normalized spacial score (nSPS) is 19.0. The van der Waals surface area contributed by atoms with Gasteiger partial charge in [0.15, 0.2) is 0 Å². The maximum atomic E-state index is 12.6. The highest BCUT2D eigenvalue weighted by Gasteiger charge is 2.40. The van der Waals surface area contributed by atoms with Crippen molar-refractivity contribution in [2.24, 2.45) is 5.41 Å². The molecule has 1 amide bonds. The van der Waals surface area contributed by atoms with Gasteiger partial charge in [-0.15, -0.1) is 0 Å². The van der Waals surface area contributed by atoms with Gasteiger partial charge in [0.05, 0.1) is 0 Å². The van der Waals surface area contributed by atoms with Gasteiger partial charge in [0, 0.05) is 31.0 Å². The third kappa shape index (κ3) is 5.11. The van der Waals surface area contributed by atoms with E-state index in [1.807, 2.05) is 20.8 Å². The van der Waals surface area contributed by atoms with Gasteiger partial charge in [0.2, 0.25) is 5.91 Å². The molecule has 0 bridgehead atoms. The minimum Gasteiger partial charge on any atom is -0.481 e. The second-order valence-corrected chi connectivity index (χ2v) is 8.97. The van der Waals surface area contributed by atoms with Crippen LogP contribution in [0.2, 0.25) is 0 Å². The third-order valence-corrected chi connectivity index (χ3v) is 4.98. The Bertz CT molecular complexity index is 755. The molecule has 0 radical (unpaired) electrons. The maximum Gasteiger partial charge on any atom is 0.355 e. The number of ether oxygens (including phenoxy) is 1. The zero-order chi connectivity index (χ0) is 20.6. The lowest BCUT2D eigenvalue weighted by molar-refractivity contribution is -0.137. The van der Waals surface area contributed by atoms with E-state index in [0.717, 1.165) is 11.3 Å². The Morgan fingerprint density at radius 3 is 2.41 bits per heavy atom. The van der Waals surface area contributed by atoms with Crippen LogP contribution in [-0.2, 0) is 27.2 Å². The number of aromatic amines is 1. The minimum absolute atomic E-state index is 0.0210. The maximum absolute atomic E-state index is 12.6. The lowest BCUT2D eigenvalue weighted by Crippen LogP contribution is -2.35. The van der Waals surface area contributed by atoms with Gasteiger partial charge in [0.25, 0.3) is 0 Å². The number of esters is 1. The van der Waals surface area contributed by atoms with Gasteiger partial charge in [-0.2, -0.15) is 0 Å². The molecule has 1 aliphatic heterocycles. The van der Waals surface area contributed by atoms with E-state index in [0.29, 0.717) is 24.1 Å². The van der Waals surface area contributed by atoms with Crippen LogP contribution in [0.4, 0.5) is 0 Å². The van der Waals surface area contributed by atoms with Gasteiger partial charge in [-0.3, -0.25) is 9.59 Å². The van der Waals surface area contributed by atoms with Crippen molar-refractivity contribution in [3.63, 3.8) is 0 Å². The van der Waals surface area contributed by atoms with E-state index in [-0.39, 0.29) is 30.2 Å². The Balaban J connectivity index is 2.35. The van der Waals surface area contributed by atoms with Gasteiger partial charge < -0.3 is 20.1 Å². The first kappa shape index (κ1) is 21.0. The van der Waals surface area contributed by atoms with Crippen molar-refractivity contribution < 1.29 is 24.2 Å². The lowest BCUT2D eigenvalue weighted by Gasteiger charge is -2.25. The summed E-state index contributed by atoms with van der Waals surface area (Å²) in [4.78, 5) is 38.6. The van der Waals surface area contributed by atoms with Crippen LogP contribution in [0.1, 0.15) is 74.8 Å². The van der Waals surface area contributed by atoms with Crippen LogP contribution >= 0.6 is 0 Å². The van der Waals surface area contributed by atoms with Crippen molar-refractivity contribution >= 4 is 17.8 Å². The van der Waals surface area contributed by atoms with Gasteiger partial charge in [-0.1, -0.05) is 13.8 Å². The largest absolute Gasteiger partial charge is 0.481 e. The van der Waals surface area contributed by atoms with Crippen molar-refractivity contribution in [3.8, 4) is 0 Å². The van der Waals surface area contributed by atoms with Crippen LogP contribution in [0.15, 0.2) is 0 Å².